The first-order valence-corrected chi connectivity index (χ1v) is 12.1. The highest BCUT2D eigenvalue weighted by Crippen LogP contribution is 2.56. The Morgan fingerprint density at radius 2 is 1.21 bits per heavy atom. The summed E-state index contributed by atoms with van der Waals surface area (Å²) >= 11 is 0. The van der Waals surface area contributed by atoms with Crippen LogP contribution in [0.25, 0.3) is 26.3 Å². The molecule has 0 aliphatic carbocycles. The lowest BCUT2D eigenvalue weighted by molar-refractivity contribution is 0.306. The van der Waals surface area contributed by atoms with E-state index < -0.39 is 7.53 Å². The van der Waals surface area contributed by atoms with Crippen LogP contribution < -0.4 is 4.74 Å². The summed E-state index contributed by atoms with van der Waals surface area (Å²) in [5, 5.41) is 7.27. The van der Waals surface area contributed by atoms with E-state index in [1.165, 1.54) is 61.4 Å². The third-order valence-corrected chi connectivity index (χ3v) is 8.63. The molecule has 4 aromatic rings. The molecular weight excluding hydrogens is 371 g/mol. The fourth-order valence-corrected chi connectivity index (χ4v) is 6.81. The summed E-state index contributed by atoms with van der Waals surface area (Å²) in [6.45, 7) is 11.9. The second-order valence-corrected chi connectivity index (χ2v) is 10.4. The van der Waals surface area contributed by atoms with Crippen molar-refractivity contribution in [3.8, 4) is 11.1 Å². The van der Waals surface area contributed by atoms with Gasteiger partial charge >= 0.3 is 0 Å². The molecule has 1 heterocycles. The summed E-state index contributed by atoms with van der Waals surface area (Å²) < 4.78 is 5.94. The van der Waals surface area contributed by atoms with Gasteiger partial charge in [0, 0.05) is 10.2 Å². The molecule has 2 heteroatoms. The van der Waals surface area contributed by atoms with E-state index in [0.717, 1.165) is 18.8 Å². The van der Waals surface area contributed by atoms with Crippen molar-refractivity contribution in [2.24, 2.45) is 0 Å². The lowest BCUT2D eigenvalue weighted by atomic mass is 10.0. The van der Waals surface area contributed by atoms with Crippen molar-refractivity contribution in [1.82, 2.24) is 0 Å². The zero-order valence-corrected chi connectivity index (χ0v) is 19.2. The Morgan fingerprint density at radius 3 is 1.72 bits per heavy atom. The maximum Gasteiger partial charge on any atom is 0.119 e. The number of rotatable bonds is 6. The van der Waals surface area contributed by atoms with Gasteiger partial charge in [0.1, 0.15) is 5.75 Å². The molecule has 0 N–H and O–H groups in total. The fourth-order valence-electron chi connectivity index (χ4n) is 4.04. The Labute approximate surface area is 175 Å². The third-order valence-electron chi connectivity index (χ3n) is 6.11. The average Bonchev–Trinajstić information content (AvgIpc) is 2.99. The van der Waals surface area contributed by atoms with Crippen molar-refractivity contribution in [2.45, 2.75) is 53.9 Å². The molecule has 0 saturated carbocycles. The van der Waals surface area contributed by atoms with Crippen LogP contribution in [0.1, 0.15) is 48.4 Å². The number of aryl methyl sites for hydroxylation is 4. The van der Waals surface area contributed by atoms with Crippen molar-refractivity contribution < 1.29 is 4.74 Å². The van der Waals surface area contributed by atoms with Crippen LogP contribution in [0.2, 0.25) is 0 Å². The van der Waals surface area contributed by atoms with E-state index in [1.54, 1.807) is 0 Å². The van der Waals surface area contributed by atoms with Crippen LogP contribution in [0.15, 0.2) is 48.5 Å². The SMILES string of the molecule is CCCCCOc1ccc(-p2c3cc(C)c(C)cc3c3cc(C)c(C)cc32)cc1. The van der Waals surface area contributed by atoms with Crippen molar-refractivity contribution in [1.29, 1.82) is 0 Å². The second-order valence-electron chi connectivity index (χ2n) is 8.29. The molecule has 1 nitrogen and oxygen atoms in total. The van der Waals surface area contributed by atoms with Crippen LogP contribution in [0.3, 0.4) is 0 Å². The number of hydrogen-bond donors (Lipinski definition) is 0. The lowest BCUT2D eigenvalue weighted by Gasteiger charge is -2.09. The van der Waals surface area contributed by atoms with E-state index in [4.69, 9.17) is 4.74 Å². The number of unbranched alkanes of at least 4 members (excludes halogenated alkanes) is 2. The van der Waals surface area contributed by atoms with Gasteiger partial charge < -0.3 is 4.74 Å². The van der Waals surface area contributed by atoms with E-state index in [9.17, 15) is 0 Å². The quantitative estimate of drug-likeness (QED) is 0.293. The van der Waals surface area contributed by atoms with Gasteiger partial charge in [0.15, 0.2) is 0 Å². The van der Waals surface area contributed by atoms with Gasteiger partial charge in [0.25, 0.3) is 0 Å². The van der Waals surface area contributed by atoms with Crippen molar-refractivity contribution >= 4 is 28.5 Å². The van der Waals surface area contributed by atoms with Gasteiger partial charge in [-0.15, -0.1) is 0 Å². The summed E-state index contributed by atoms with van der Waals surface area (Å²) in [4.78, 5) is 0. The molecule has 0 amide bonds. The minimum atomic E-state index is -0.516. The molecule has 0 aliphatic rings. The minimum absolute atomic E-state index is 0.516. The van der Waals surface area contributed by atoms with Crippen molar-refractivity contribution in [2.75, 3.05) is 6.61 Å². The molecule has 0 atom stereocenters. The summed E-state index contributed by atoms with van der Waals surface area (Å²) in [5.41, 5.74) is 5.52. The normalized spacial score (nSPS) is 11.5. The van der Waals surface area contributed by atoms with Gasteiger partial charge in [-0.25, -0.2) is 0 Å². The van der Waals surface area contributed by atoms with Crippen LogP contribution in [0.4, 0.5) is 0 Å². The largest absolute Gasteiger partial charge is 0.494 e. The van der Waals surface area contributed by atoms with Gasteiger partial charge in [0.2, 0.25) is 0 Å². The van der Waals surface area contributed by atoms with Gasteiger partial charge in [-0.3, -0.25) is 0 Å². The third kappa shape index (κ3) is 3.81. The molecular formula is C27H31OP. The van der Waals surface area contributed by atoms with E-state index in [0.29, 0.717) is 0 Å². The molecule has 0 aliphatic heterocycles. The molecule has 0 unspecified atom stereocenters. The number of benzene rings is 3. The number of hydrogen-bond acceptors (Lipinski definition) is 1. The van der Waals surface area contributed by atoms with Gasteiger partial charge in [-0.1, -0.05) is 39.4 Å². The Kier molecular flexibility index (Phi) is 5.70. The summed E-state index contributed by atoms with van der Waals surface area (Å²) in [6.07, 6.45) is 3.58. The topological polar surface area (TPSA) is 9.23 Å². The van der Waals surface area contributed by atoms with Gasteiger partial charge in [0.05, 0.1) is 6.61 Å². The Balaban J connectivity index is 1.83. The Hall–Kier alpha value is -2.24. The van der Waals surface area contributed by atoms with Gasteiger partial charge in [-0.05, 0) is 109 Å². The zero-order chi connectivity index (χ0) is 20.5. The highest BCUT2D eigenvalue weighted by Gasteiger charge is 2.16. The molecule has 1 aromatic heterocycles. The molecule has 0 radical (unpaired) electrons. The van der Waals surface area contributed by atoms with Crippen LogP contribution in [-0.4, -0.2) is 6.61 Å². The summed E-state index contributed by atoms with van der Waals surface area (Å²) in [7, 11) is -0.516. The molecule has 150 valence electrons. The lowest BCUT2D eigenvalue weighted by Crippen LogP contribution is -1.96. The molecule has 4 rings (SSSR count). The maximum atomic E-state index is 5.94. The van der Waals surface area contributed by atoms with Gasteiger partial charge in [-0.2, -0.15) is 0 Å². The molecule has 29 heavy (non-hydrogen) atoms. The first kappa shape index (κ1) is 20.0. The average molecular weight is 403 g/mol. The fraction of sp³-hybridized carbons (Fsp3) is 0.333. The van der Waals surface area contributed by atoms with Crippen LogP contribution in [0.5, 0.6) is 5.75 Å². The first-order chi connectivity index (χ1) is 14.0. The summed E-state index contributed by atoms with van der Waals surface area (Å²) in [5.74, 6) is 0.986. The molecule has 0 fully saturated rings. The van der Waals surface area contributed by atoms with Crippen LogP contribution in [-0.2, 0) is 0 Å². The predicted molar refractivity (Wildman–Crippen MR) is 129 cm³/mol. The zero-order valence-electron chi connectivity index (χ0n) is 18.3. The van der Waals surface area contributed by atoms with Crippen molar-refractivity contribution in [3.63, 3.8) is 0 Å². The summed E-state index contributed by atoms with van der Waals surface area (Å²) in [6, 6.07) is 18.5. The predicted octanol–water partition coefficient (Wildman–Crippen LogP) is 8.77. The molecule has 0 bridgehead atoms. The van der Waals surface area contributed by atoms with Crippen molar-refractivity contribution in [3.05, 3.63) is 70.8 Å². The second kappa shape index (κ2) is 8.25. The van der Waals surface area contributed by atoms with Crippen LogP contribution in [0, 0.1) is 27.7 Å². The molecule has 0 saturated heterocycles. The maximum absolute atomic E-state index is 5.94. The highest BCUT2D eigenvalue weighted by atomic mass is 31.1. The van der Waals surface area contributed by atoms with E-state index in [-0.39, 0.29) is 0 Å². The number of fused-ring (bicyclic) bond motifs is 3. The smallest absolute Gasteiger partial charge is 0.119 e. The highest BCUT2D eigenvalue weighted by molar-refractivity contribution is 7.67. The standard InChI is InChI=1S/C27H31OP/c1-6-7-8-13-28-22-9-11-23(12-10-22)29-26-16-20(4)18(2)14-24(26)25-15-19(3)21(5)17-27(25)29/h9-12,14-17H,6-8,13H2,1-5H3. The minimum Gasteiger partial charge on any atom is -0.494 e. The molecule has 3 aromatic carbocycles. The van der Waals surface area contributed by atoms with E-state index in [2.05, 4.69) is 83.1 Å². The molecule has 0 spiro atoms. The Morgan fingerprint density at radius 1 is 0.690 bits per heavy atom. The van der Waals surface area contributed by atoms with E-state index in [1.807, 2.05) is 0 Å². The van der Waals surface area contributed by atoms with E-state index >= 15 is 0 Å². The monoisotopic (exact) mass is 402 g/mol. The Bertz CT molecular complexity index is 1100. The first-order valence-electron chi connectivity index (χ1n) is 10.8. The number of ether oxygens (including phenoxy) is 1. The van der Waals surface area contributed by atoms with Crippen LogP contribution >= 0.6 is 7.53 Å².